The molecular formula is C17H21FN2O2. The van der Waals surface area contributed by atoms with Crippen LogP contribution in [0.3, 0.4) is 0 Å². The van der Waals surface area contributed by atoms with E-state index in [2.05, 4.69) is 4.90 Å². The summed E-state index contributed by atoms with van der Waals surface area (Å²) < 4.78 is 19.7. The lowest BCUT2D eigenvalue weighted by Crippen LogP contribution is -2.50. The third-order valence-corrected chi connectivity index (χ3v) is 4.86. The molecule has 0 radical (unpaired) electrons. The minimum absolute atomic E-state index is 0.140. The number of aliphatic hydroxyl groups excluding tert-OH is 1. The largest absolute Gasteiger partial charge is 0.393 e. The number of aliphatic hydroxyl groups is 1. The van der Waals surface area contributed by atoms with E-state index < -0.39 is 0 Å². The molecule has 1 N–H and O–H groups in total. The number of benzene rings is 1. The lowest BCUT2D eigenvalue weighted by molar-refractivity contribution is -0.0539. The molecule has 1 aromatic carbocycles. The predicted molar refractivity (Wildman–Crippen MR) is 79.5 cm³/mol. The Bertz CT molecular complexity index is 572. The van der Waals surface area contributed by atoms with Crippen molar-refractivity contribution in [2.45, 2.75) is 38.0 Å². The van der Waals surface area contributed by atoms with E-state index in [0.717, 1.165) is 25.8 Å². The second kappa shape index (κ2) is 6.74. The van der Waals surface area contributed by atoms with Crippen LogP contribution < -0.4 is 0 Å². The molecule has 0 unspecified atom stereocenters. The quantitative estimate of drug-likeness (QED) is 0.928. The fourth-order valence-corrected chi connectivity index (χ4v) is 3.63. The van der Waals surface area contributed by atoms with Gasteiger partial charge in [0.2, 0.25) is 0 Å². The van der Waals surface area contributed by atoms with E-state index in [0.29, 0.717) is 30.9 Å². The van der Waals surface area contributed by atoms with E-state index in [4.69, 9.17) is 10.00 Å². The van der Waals surface area contributed by atoms with Crippen LogP contribution in [-0.2, 0) is 11.3 Å². The van der Waals surface area contributed by atoms with Crippen LogP contribution in [0, 0.1) is 23.1 Å². The van der Waals surface area contributed by atoms with E-state index in [1.807, 2.05) is 6.07 Å². The van der Waals surface area contributed by atoms with Gasteiger partial charge in [0.25, 0.3) is 0 Å². The van der Waals surface area contributed by atoms with Crippen molar-refractivity contribution in [1.29, 1.82) is 5.26 Å². The molecule has 1 saturated heterocycles. The summed E-state index contributed by atoms with van der Waals surface area (Å²) in [6, 6.07) is 6.72. The maximum absolute atomic E-state index is 14.1. The van der Waals surface area contributed by atoms with Gasteiger partial charge in [0.05, 0.1) is 31.0 Å². The van der Waals surface area contributed by atoms with Crippen LogP contribution in [0.2, 0.25) is 0 Å². The topological polar surface area (TPSA) is 56.5 Å². The molecule has 2 fully saturated rings. The normalized spacial score (nSPS) is 29.4. The highest BCUT2D eigenvalue weighted by atomic mass is 19.1. The molecule has 0 bridgehead atoms. The number of morpholine rings is 1. The van der Waals surface area contributed by atoms with E-state index in [9.17, 15) is 9.50 Å². The molecule has 3 atom stereocenters. The van der Waals surface area contributed by atoms with Crippen LogP contribution in [0.15, 0.2) is 18.2 Å². The standard InChI is InChI=1S/C17H21FN2O2/c18-15-8-12(9-19)4-5-13(15)10-20-6-7-22-11-16(20)14-2-1-3-17(14)21/h4-5,8,14,16-17,21H,1-3,6-7,10-11H2/t14-,16-,17+/m1/s1. The van der Waals surface area contributed by atoms with Gasteiger partial charge in [-0.2, -0.15) is 5.26 Å². The number of rotatable bonds is 3. The van der Waals surface area contributed by atoms with Gasteiger partial charge in [-0.1, -0.05) is 12.5 Å². The Labute approximate surface area is 130 Å². The highest BCUT2D eigenvalue weighted by Gasteiger charge is 2.37. The van der Waals surface area contributed by atoms with E-state index in [-0.39, 0.29) is 23.9 Å². The molecule has 4 nitrogen and oxygen atoms in total. The first-order chi connectivity index (χ1) is 10.7. The smallest absolute Gasteiger partial charge is 0.129 e. The summed E-state index contributed by atoms with van der Waals surface area (Å²) in [4.78, 5) is 2.22. The Balaban J connectivity index is 1.75. The van der Waals surface area contributed by atoms with Crippen LogP contribution >= 0.6 is 0 Å². The minimum atomic E-state index is -0.337. The van der Waals surface area contributed by atoms with E-state index in [1.165, 1.54) is 6.07 Å². The summed E-state index contributed by atoms with van der Waals surface area (Å²) >= 11 is 0. The molecule has 0 amide bonds. The van der Waals surface area contributed by atoms with Crippen molar-refractivity contribution in [3.05, 3.63) is 35.1 Å². The zero-order valence-corrected chi connectivity index (χ0v) is 12.5. The number of hydrogen-bond acceptors (Lipinski definition) is 4. The molecule has 0 aromatic heterocycles. The Morgan fingerprint density at radius 2 is 2.27 bits per heavy atom. The zero-order valence-electron chi connectivity index (χ0n) is 12.5. The molecule has 1 aliphatic carbocycles. The first-order valence-electron chi connectivity index (χ1n) is 7.87. The molecule has 118 valence electrons. The van der Waals surface area contributed by atoms with Gasteiger partial charge in [0.1, 0.15) is 5.82 Å². The van der Waals surface area contributed by atoms with Gasteiger partial charge < -0.3 is 9.84 Å². The van der Waals surface area contributed by atoms with Gasteiger partial charge >= 0.3 is 0 Å². The minimum Gasteiger partial charge on any atom is -0.393 e. The molecule has 1 aliphatic heterocycles. The molecule has 0 spiro atoms. The molecule has 22 heavy (non-hydrogen) atoms. The van der Waals surface area contributed by atoms with E-state index >= 15 is 0 Å². The van der Waals surface area contributed by atoms with Crippen LogP contribution in [0.25, 0.3) is 0 Å². The highest BCUT2D eigenvalue weighted by molar-refractivity contribution is 5.32. The van der Waals surface area contributed by atoms with Gasteiger partial charge in [-0.3, -0.25) is 4.90 Å². The van der Waals surface area contributed by atoms with Crippen molar-refractivity contribution >= 4 is 0 Å². The Morgan fingerprint density at radius 3 is 2.95 bits per heavy atom. The van der Waals surface area contributed by atoms with Gasteiger partial charge in [-0.05, 0) is 25.0 Å². The lowest BCUT2D eigenvalue weighted by atomic mass is 9.94. The molecule has 2 aliphatic rings. The van der Waals surface area contributed by atoms with Crippen LogP contribution in [-0.4, -0.2) is 41.9 Å². The average molecular weight is 304 g/mol. The van der Waals surface area contributed by atoms with Crippen molar-refractivity contribution in [3.8, 4) is 6.07 Å². The third-order valence-electron chi connectivity index (χ3n) is 4.86. The Hall–Kier alpha value is -1.48. The van der Waals surface area contributed by atoms with Crippen LogP contribution in [0.4, 0.5) is 4.39 Å². The Morgan fingerprint density at radius 1 is 1.41 bits per heavy atom. The number of halogens is 1. The van der Waals surface area contributed by atoms with Gasteiger partial charge in [0.15, 0.2) is 0 Å². The molecule has 1 aromatic rings. The van der Waals surface area contributed by atoms with Gasteiger partial charge in [0, 0.05) is 30.6 Å². The molecule has 1 heterocycles. The van der Waals surface area contributed by atoms with Crippen LogP contribution in [0.5, 0.6) is 0 Å². The third kappa shape index (κ3) is 3.14. The summed E-state index contributed by atoms with van der Waals surface area (Å²) in [6.45, 7) is 2.47. The second-order valence-electron chi connectivity index (χ2n) is 6.19. The monoisotopic (exact) mass is 304 g/mol. The summed E-state index contributed by atoms with van der Waals surface area (Å²) in [7, 11) is 0. The summed E-state index contributed by atoms with van der Waals surface area (Å²) in [6.07, 6.45) is 2.61. The van der Waals surface area contributed by atoms with Crippen molar-refractivity contribution in [2.24, 2.45) is 5.92 Å². The molecule has 5 heteroatoms. The Kier molecular flexibility index (Phi) is 4.72. The maximum atomic E-state index is 14.1. The molecular weight excluding hydrogens is 283 g/mol. The van der Waals surface area contributed by atoms with Gasteiger partial charge in [-0.15, -0.1) is 0 Å². The molecule has 3 rings (SSSR count). The van der Waals surface area contributed by atoms with Crippen molar-refractivity contribution in [1.82, 2.24) is 4.90 Å². The van der Waals surface area contributed by atoms with Crippen molar-refractivity contribution < 1.29 is 14.2 Å². The SMILES string of the molecule is N#Cc1ccc(CN2CCOC[C@@H]2[C@H]2CCC[C@@H]2O)c(F)c1. The number of ether oxygens (including phenoxy) is 1. The fourth-order valence-electron chi connectivity index (χ4n) is 3.63. The first-order valence-corrected chi connectivity index (χ1v) is 7.87. The highest BCUT2D eigenvalue weighted by Crippen LogP contribution is 2.33. The summed E-state index contributed by atoms with van der Waals surface area (Å²) in [5.74, 6) is -0.127. The van der Waals surface area contributed by atoms with E-state index in [1.54, 1.807) is 12.1 Å². The summed E-state index contributed by atoms with van der Waals surface area (Å²) in [5.41, 5.74) is 0.935. The van der Waals surface area contributed by atoms with Gasteiger partial charge in [-0.25, -0.2) is 4.39 Å². The van der Waals surface area contributed by atoms with Crippen molar-refractivity contribution in [2.75, 3.05) is 19.8 Å². The fraction of sp³-hybridized carbons (Fsp3) is 0.588. The number of hydrogen-bond donors (Lipinski definition) is 1. The number of nitriles is 1. The van der Waals surface area contributed by atoms with Crippen molar-refractivity contribution in [3.63, 3.8) is 0 Å². The second-order valence-corrected chi connectivity index (χ2v) is 6.19. The average Bonchev–Trinajstić information content (AvgIpc) is 2.96. The maximum Gasteiger partial charge on any atom is 0.129 e. The zero-order chi connectivity index (χ0) is 15.5. The first kappa shape index (κ1) is 15.4. The molecule has 1 saturated carbocycles. The summed E-state index contributed by atoms with van der Waals surface area (Å²) in [5, 5.41) is 19.0. The number of nitrogens with zero attached hydrogens (tertiary/aromatic N) is 2. The predicted octanol–water partition coefficient (Wildman–Crippen LogP) is 2.06. The lowest BCUT2D eigenvalue weighted by Gasteiger charge is -2.40. The van der Waals surface area contributed by atoms with Crippen LogP contribution in [0.1, 0.15) is 30.4 Å².